The minimum Gasteiger partial charge on any atom is -0.490 e. The van der Waals surface area contributed by atoms with E-state index in [9.17, 15) is 8.42 Å². The molecular formula is C22H26N6O4S. The van der Waals surface area contributed by atoms with Gasteiger partial charge in [-0.2, -0.15) is 4.31 Å². The van der Waals surface area contributed by atoms with Crippen LogP contribution in [0.15, 0.2) is 47.4 Å². The monoisotopic (exact) mass is 470 g/mol. The highest BCUT2D eigenvalue weighted by Gasteiger charge is 2.30. The fourth-order valence-electron chi connectivity index (χ4n) is 3.86. The lowest BCUT2D eigenvalue weighted by Gasteiger charge is -2.33. The molecule has 0 atom stereocenters. The van der Waals surface area contributed by atoms with Crippen molar-refractivity contribution in [2.75, 3.05) is 39.4 Å². The lowest BCUT2D eigenvalue weighted by atomic mass is 10.1. The van der Waals surface area contributed by atoms with Gasteiger partial charge in [0.05, 0.1) is 18.1 Å². The molecule has 2 aliphatic rings. The van der Waals surface area contributed by atoms with E-state index in [1.165, 1.54) is 9.87 Å². The van der Waals surface area contributed by atoms with Crippen molar-refractivity contribution >= 4 is 10.0 Å². The molecule has 0 unspecified atom stereocenters. The zero-order valence-corrected chi connectivity index (χ0v) is 19.2. The van der Waals surface area contributed by atoms with Crippen LogP contribution in [0.5, 0.6) is 11.5 Å². The summed E-state index contributed by atoms with van der Waals surface area (Å²) in [4.78, 5) is 3.88. The van der Waals surface area contributed by atoms with Gasteiger partial charge in [-0.3, -0.25) is 4.90 Å². The van der Waals surface area contributed by atoms with Crippen LogP contribution in [0, 0.1) is 6.92 Å². The second kappa shape index (κ2) is 9.08. The quantitative estimate of drug-likeness (QED) is 0.556. The van der Waals surface area contributed by atoms with Gasteiger partial charge >= 0.3 is 0 Å². The summed E-state index contributed by atoms with van der Waals surface area (Å²) in [7, 11) is -3.62. The number of aromatic nitrogens is 4. The normalized spacial score (nSPS) is 17.6. The van der Waals surface area contributed by atoms with Crippen molar-refractivity contribution in [1.29, 1.82) is 0 Å². The van der Waals surface area contributed by atoms with Crippen LogP contribution in [0.2, 0.25) is 0 Å². The van der Waals surface area contributed by atoms with Crippen LogP contribution in [0.1, 0.15) is 12.0 Å². The number of sulfonamides is 1. The predicted octanol–water partition coefficient (Wildman–Crippen LogP) is 1.77. The summed E-state index contributed by atoms with van der Waals surface area (Å²) in [5.41, 5.74) is 2.09. The second-order valence-electron chi connectivity index (χ2n) is 8.17. The van der Waals surface area contributed by atoms with E-state index in [-0.39, 0.29) is 4.90 Å². The molecule has 11 heteroatoms. The van der Waals surface area contributed by atoms with E-state index in [1.807, 2.05) is 31.2 Å². The summed E-state index contributed by atoms with van der Waals surface area (Å²) in [5, 5.41) is 12.8. The Kier molecular flexibility index (Phi) is 6.00. The Labute approximate surface area is 192 Å². The first-order chi connectivity index (χ1) is 16.0. The molecule has 174 valence electrons. The lowest BCUT2D eigenvalue weighted by molar-refractivity contribution is 0.136. The Morgan fingerprint density at radius 1 is 0.939 bits per heavy atom. The standard InChI is InChI=1S/C22H26N6O4S/c1-17-3-5-18(6-4-17)22-23-25-28(24-22)16-26-9-11-27(12-10-26)33(29,30)19-7-8-20-21(15-19)32-14-2-13-31-20/h3-8,15H,2,9-14,16H2,1H3. The Morgan fingerprint density at radius 2 is 1.67 bits per heavy atom. The molecule has 0 aliphatic carbocycles. The first-order valence-electron chi connectivity index (χ1n) is 11.0. The number of hydrogen-bond acceptors (Lipinski definition) is 8. The zero-order valence-electron chi connectivity index (χ0n) is 18.4. The molecule has 0 amide bonds. The van der Waals surface area contributed by atoms with Gasteiger partial charge in [-0.25, -0.2) is 8.42 Å². The molecule has 10 nitrogen and oxygen atoms in total. The maximum absolute atomic E-state index is 13.2. The molecular weight excluding hydrogens is 444 g/mol. The van der Waals surface area contributed by atoms with Crippen LogP contribution in [0.4, 0.5) is 0 Å². The summed E-state index contributed by atoms with van der Waals surface area (Å²) in [6, 6.07) is 12.8. The zero-order chi connectivity index (χ0) is 22.8. The first-order valence-corrected chi connectivity index (χ1v) is 12.4. The Hall–Kier alpha value is -3.02. The molecule has 33 heavy (non-hydrogen) atoms. The van der Waals surface area contributed by atoms with Crippen LogP contribution in [0.3, 0.4) is 0 Å². The molecule has 0 spiro atoms. The van der Waals surface area contributed by atoms with E-state index in [0.717, 1.165) is 12.0 Å². The maximum atomic E-state index is 13.2. The van der Waals surface area contributed by atoms with E-state index >= 15 is 0 Å². The lowest BCUT2D eigenvalue weighted by Crippen LogP contribution is -2.49. The molecule has 1 aromatic heterocycles. The van der Waals surface area contributed by atoms with Crippen molar-refractivity contribution in [3.63, 3.8) is 0 Å². The smallest absolute Gasteiger partial charge is 0.243 e. The molecule has 1 saturated heterocycles. The fraction of sp³-hybridized carbons (Fsp3) is 0.409. The van der Waals surface area contributed by atoms with Gasteiger partial charge in [0.25, 0.3) is 0 Å². The SMILES string of the molecule is Cc1ccc(-c2nnn(CN3CCN(S(=O)(=O)c4ccc5c(c4)OCCCO5)CC3)n2)cc1. The number of rotatable bonds is 5. The number of nitrogens with zero attached hydrogens (tertiary/aromatic N) is 6. The van der Waals surface area contributed by atoms with E-state index < -0.39 is 10.0 Å². The predicted molar refractivity (Wildman–Crippen MR) is 120 cm³/mol. The van der Waals surface area contributed by atoms with Crippen molar-refractivity contribution in [3.05, 3.63) is 48.0 Å². The molecule has 3 heterocycles. The van der Waals surface area contributed by atoms with Gasteiger partial charge in [-0.15, -0.1) is 15.0 Å². The van der Waals surface area contributed by atoms with Gasteiger partial charge in [0.2, 0.25) is 15.8 Å². The molecule has 0 bridgehead atoms. The first kappa shape index (κ1) is 21.8. The van der Waals surface area contributed by atoms with Gasteiger partial charge in [-0.05, 0) is 24.3 Å². The van der Waals surface area contributed by atoms with Crippen molar-refractivity contribution in [2.45, 2.75) is 24.9 Å². The van der Waals surface area contributed by atoms with Crippen LogP contribution < -0.4 is 9.47 Å². The van der Waals surface area contributed by atoms with Crippen molar-refractivity contribution in [3.8, 4) is 22.9 Å². The Bertz CT molecular complexity index is 1220. The topological polar surface area (TPSA) is 103 Å². The molecule has 2 aromatic carbocycles. The number of piperazine rings is 1. The van der Waals surface area contributed by atoms with Crippen molar-refractivity contribution in [1.82, 2.24) is 29.4 Å². The minimum atomic E-state index is -3.62. The Morgan fingerprint density at radius 3 is 2.42 bits per heavy atom. The van der Waals surface area contributed by atoms with E-state index in [0.29, 0.717) is 63.4 Å². The number of benzene rings is 2. The summed E-state index contributed by atoms with van der Waals surface area (Å²) in [6.07, 6.45) is 0.770. The third-order valence-corrected chi connectivity index (χ3v) is 7.67. The summed E-state index contributed by atoms with van der Waals surface area (Å²) in [5.74, 6) is 1.64. The fourth-order valence-corrected chi connectivity index (χ4v) is 5.30. The molecule has 0 saturated carbocycles. The van der Waals surface area contributed by atoms with Gasteiger partial charge in [0, 0.05) is 44.2 Å². The number of hydrogen-bond donors (Lipinski definition) is 0. The molecule has 0 N–H and O–H groups in total. The van der Waals surface area contributed by atoms with Gasteiger partial charge in [-0.1, -0.05) is 29.8 Å². The van der Waals surface area contributed by atoms with Crippen molar-refractivity contribution in [2.24, 2.45) is 0 Å². The van der Waals surface area contributed by atoms with Crippen LogP contribution in [-0.4, -0.2) is 77.2 Å². The van der Waals surface area contributed by atoms with E-state index in [2.05, 4.69) is 20.3 Å². The Balaban J connectivity index is 1.21. The minimum absolute atomic E-state index is 0.223. The highest BCUT2D eigenvalue weighted by atomic mass is 32.2. The molecule has 5 rings (SSSR count). The number of aryl methyl sites for hydroxylation is 1. The largest absolute Gasteiger partial charge is 0.490 e. The second-order valence-corrected chi connectivity index (χ2v) is 10.1. The van der Waals surface area contributed by atoms with E-state index in [1.54, 1.807) is 23.0 Å². The van der Waals surface area contributed by atoms with Gasteiger partial charge < -0.3 is 9.47 Å². The van der Waals surface area contributed by atoms with Gasteiger partial charge in [0.15, 0.2) is 11.5 Å². The summed E-state index contributed by atoms with van der Waals surface area (Å²) < 4.78 is 39.1. The third kappa shape index (κ3) is 4.70. The average Bonchev–Trinajstić information content (AvgIpc) is 3.15. The molecule has 1 fully saturated rings. The van der Waals surface area contributed by atoms with E-state index in [4.69, 9.17) is 9.47 Å². The number of ether oxygens (including phenoxy) is 2. The third-order valence-electron chi connectivity index (χ3n) is 5.78. The molecule has 0 radical (unpaired) electrons. The van der Waals surface area contributed by atoms with Gasteiger partial charge in [0.1, 0.15) is 6.67 Å². The number of fused-ring (bicyclic) bond motifs is 1. The van der Waals surface area contributed by atoms with Crippen LogP contribution in [-0.2, 0) is 16.7 Å². The maximum Gasteiger partial charge on any atom is 0.243 e. The number of tetrazole rings is 1. The average molecular weight is 471 g/mol. The summed E-state index contributed by atoms with van der Waals surface area (Å²) >= 11 is 0. The van der Waals surface area contributed by atoms with Crippen molar-refractivity contribution < 1.29 is 17.9 Å². The molecule has 2 aliphatic heterocycles. The van der Waals surface area contributed by atoms with Crippen LogP contribution >= 0.6 is 0 Å². The highest BCUT2D eigenvalue weighted by Crippen LogP contribution is 2.33. The van der Waals surface area contributed by atoms with Crippen LogP contribution in [0.25, 0.3) is 11.4 Å². The summed E-state index contributed by atoms with van der Waals surface area (Å²) in [6.45, 7) is 5.48. The molecule has 3 aromatic rings. The highest BCUT2D eigenvalue weighted by molar-refractivity contribution is 7.89.